The van der Waals surface area contributed by atoms with E-state index in [-0.39, 0.29) is 35.8 Å². The van der Waals surface area contributed by atoms with Crippen LogP contribution in [0, 0.1) is 0 Å². The van der Waals surface area contributed by atoms with Crippen molar-refractivity contribution in [1.82, 2.24) is 25.8 Å². The van der Waals surface area contributed by atoms with E-state index in [0.29, 0.717) is 31.6 Å². The Hall–Kier alpha value is -1.91. The van der Waals surface area contributed by atoms with Gasteiger partial charge in [-0.15, -0.1) is 24.0 Å². The maximum atomic E-state index is 12.0. The second kappa shape index (κ2) is 15.0. The molecule has 8 nitrogen and oxygen atoms in total. The van der Waals surface area contributed by atoms with Crippen molar-refractivity contribution in [2.45, 2.75) is 39.0 Å². The first-order valence-electron chi connectivity index (χ1n) is 10.2. The number of halogens is 1. The normalized spacial score (nSPS) is 14.6. The number of carbonyl (C=O) groups excluding carboxylic acids is 2. The molecule has 2 heterocycles. The number of likely N-dealkylation sites (tertiary alicyclic amines) is 1. The first kappa shape index (κ1) is 25.1. The van der Waals surface area contributed by atoms with Gasteiger partial charge in [-0.3, -0.25) is 19.6 Å². The number of guanidine groups is 1. The van der Waals surface area contributed by atoms with Crippen LogP contribution in [0.2, 0.25) is 0 Å². The fourth-order valence-corrected chi connectivity index (χ4v) is 3.03. The van der Waals surface area contributed by atoms with Crippen molar-refractivity contribution in [1.29, 1.82) is 0 Å². The molecule has 0 aromatic carbocycles. The summed E-state index contributed by atoms with van der Waals surface area (Å²) in [4.78, 5) is 34.4. The van der Waals surface area contributed by atoms with Gasteiger partial charge in [0, 0.05) is 58.1 Å². The summed E-state index contributed by atoms with van der Waals surface area (Å²) in [5.41, 5.74) is 0.547. The molecule has 2 rings (SSSR count). The lowest BCUT2D eigenvalue weighted by Crippen LogP contribution is -2.41. The summed E-state index contributed by atoms with van der Waals surface area (Å²) < 4.78 is 0. The van der Waals surface area contributed by atoms with Gasteiger partial charge in [0.1, 0.15) is 0 Å². The number of hydrogen-bond donors (Lipinski definition) is 3. The van der Waals surface area contributed by atoms with Gasteiger partial charge in [0.25, 0.3) is 5.91 Å². The van der Waals surface area contributed by atoms with Crippen LogP contribution in [0.15, 0.2) is 29.5 Å². The predicted molar refractivity (Wildman–Crippen MR) is 126 cm³/mol. The van der Waals surface area contributed by atoms with Crippen molar-refractivity contribution in [3.8, 4) is 0 Å². The van der Waals surface area contributed by atoms with Crippen molar-refractivity contribution in [2.75, 3.05) is 39.3 Å². The van der Waals surface area contributed by atoms with Gasteiger partial charge < -0.3 is 20.9 Å². The molecule has 0 aliphatic carbocycles. The summed E-state index contributed by atoms with van der Waals surface area (Å²) in [6.07, 6.45) is 7.97. The highest BCUT2D eigenvalue weighted by molar-refractivity contribution is 14.0. The number of aliphatic imine (C=N–C) groups is 1. The quantitative estimate of drug-likeness (QED) is 0.201. The average molecular weight is 516 g/mol. The molecule has 1 aliphatic rings. The third-order valence-electron chi connectivity index (χ3n) is 4.50. The van der Waals surface area contributed by atoms with Gasteiger partial charge in [0.2, 0.25) is 5.91 Å². The molecule has 1 fully saturated rings. The number of pyridine rings is 1. The minimum Gasteiger partial charge on any atom is -0.357 e. The Balaban J connectivity index is 0.00000420. The van der Waals surface area contributed by atoms with Crippen LogP contribution < -0.4 is 16.0 Å². The Bertz CT molecular complexity index is 641. The maximum absolute atomic E-state index is 12.0. The molecule has 0 atom stereocenters. The summed E-state index contributed by atoms with van der Waals surface area (Å²) in [6, 6.07) is 3.47. The summed E-state index contributed by atoms with van der Waals surface area (Å²) in [7, 11) is 0. The lowest BCUT2D eigenvalue weighted by molar-refractivity contribution is -0.130. The highest BCUT2D eigenvalue weighted by Gasteiger charge is 2.15. The molecule has 2 amide bonds. The van der Waals surface area contributed by atoms with Crippen LogP contribution in [-0.4, -0.2) is 66.9 Å². The zero-order chi connectivity index (χ0) is 20.0. The van der Waals surface area contributed by atoms with Crippen molar-refractivity contribution in [3.05, 3.63) is 30.1 Å². The molecular formula is C20H33IN6O2. The fraction of sp³-hybridized carbons (Fsp3) is 0.600. The van der Waals surface area contributed by atoms with Crippen LogP contribution in [0.1, 0.15) is 49.4 Å². The van der Waals surface area contributed by atoms with Crippen LogP contribution in [-0.2, 0) is 4.79 Å². The van der Waals surface area contributed by atoms with E-state index >= 15 is 0 Å². The number of amides is 2. The molecule has 9 heteroatoms. The molecule has 29 heavy (non-hydrogen) atoms. The van der Waals surface area contributed by atoms with Crippen molar-refractivity contribution < 1.29 is 9.59 Å². The maximum Gasteiger partial charge on any atom is 0.252 e. The summed E-state index contributed by atoms with van der Waals surface area (Å²) >= 11 is 0. The minimum absolute atomic E-state index is 0. The monoisotopic (exact) mass is 516 g/mol. The Morgan fingerprint density at radius 1 is 1.21 bits per heavy atom. The Labute approximate surface area is 190 Å². The second-order valence-electron chi connectivity index (χ2n) is 6.73. The highest BCUT2D eigenvalue weighted by Crippen LogP contribution is 2.11. The van der Waals surface area contributed by atoms with E-state index in [1.165, 1.54) is 0 Å². The molecule has 1 aromatic heterocycles. The van der Waals surface area contributed by atoms with Crippen LogP contribution in [0.5, 0.6) is 0 Å². The van der Waals surface area contributed by atoms with Gasteiger partial charge >= 0.3 is 0 Å². The molecule has 0 spiro atoms. The lowest BCUT2D eigenvalue weighted by Gasteiger charge is -2.20. The number of nitrogens with one attached hydrogen (secondary N) is 3. The number of rotatable bonds is 9. The zero-order valence-corrected chi connectivity index (χ0v) is 19.5. The van der Waals surface area contributed by atoms with Crippen LogP contribution in [0.4, 0.5) is 0 Å². The summed E-state index contributed by atoms with van der Waals surface area (Å²) in [5.74, 6) is 0.857. The van der Waals surface area contributed by atoms with Gasteiger partial charge in [-0.1, -0.05) is 6.42 Å². The number of aromatic nitrogens is 1. The smallest absolute Gasteiger partial charge is 0.252 e. The van der Waals surface area contributed by atoms with E-state index in [0.717, 1.165) is 51.3 Å². The standard InChI is InChI=1S/C20H32N6O2.HI/c1-2-22-20(24-11-7-15-26-14-5-3-4-9-18(26)27)25-13-12-23-19(28)17-8-6-10-21-16-17;/h6,8,10,16H,2-5,7,9,11-15H2,1H3,(H,23,28)(H2,22,24,25);1H. The van der Waals surface area contributed by atoms with Crippen molar-refractivity contribution in [3.63, 3.8) is 0 Å². The first-order valence-corrected chi connectivity index (χ1v) is 10.2. The van der Waals surface area contributed by atoms with Crippen molar-refractivity contribution >= 4 is 41.8 Å². The molecule has 3 N–H and O–H groups in total. The fourth-order valence-electron chi connectivity index (χ4n) is 3.03. The number of hydrogen-bond acceptors (Lipinski definition) is 4. The number of carbonyl (C=O) groups is 2. The number of nitrogens with zero attached hydrogens (tertiary/aromatic N) is 3. The molecule has 0 bridgehead atoms. The highest BCUT2D eigenvalue weighted by atomic mass is 127. The Morgan fingerprint density at radius 2 is 2.03 bits per heavy atom. The SMILES string of the molecule is CCNC(=NCCCN1CCCCCC1=O)NCCNC(=O)c1cccnc1.I. The van der Waals surface area contributed by atoms with Gasteiger partial charge in [-0.05, 0) is 38.3 Å². The van der Waals surface area contributed by atoms with E-state index in [1.54, 1.807) is 24.5 Å². The molecule has 0 unspecified atom stereocenters. The zero-order valence-electron chi connectivity index (χ0n) is 17.2. The Kier molecular flexibility index (Phi) is 13.0. The van der Waals surface area contributed by atoms with E-state index in [9.17, 15) is 9.59 Å². The molecular weight excluding hydrogens is 483 g/mol. The topological polar surface area (TPSA) is 98.7 Å². The van der Waals surface area contributed by atoms with Gasteiger partial charge in [-0.25, -0.2) is 0 Å². The van der Waals surface area contributed by atoms with E-state index in [4.69, 9.17) is 0 Å². The van der Waals surface area contributed by atoms with Crippen LogP contribution >= 0.6 is 24.0 Å². The average Bonchev–Trinajstić information content (AvgIpc) is 2.93. The van der Waals surface area contributed by atoms with E-state index in [2.05, 4.69) is 25.9 Å². The molecule has 1 aromatic rings. The largest absolute Gasteiger partial charge is 0.357 e. The van der Waals surface area contributed by atoms with Crippen molar-refractivity contribution in [2.24, 2.45) is 4.99 Å². The van der Waals surface area contributed by atoms with Crippen LogP contribution in [0.25, 0.3) is 0 Å². The summed E-state index contributed by atoms with van der Waals surface area (Å²) in [5, 5.41) is 9.26. The second-order valence-corrected chi connectivity index (χ2v) is 6.73. The van der Waals surface area contributed by atoms with Gasteiger partial charge in [-0.2, -0.15) is 0 Å². The van der Waals surface area contributed by atoms with Gasteiger partial charge in [0.05, 0.1) is 5.56 Å². The third kappa shape index (κ3) is 9.91. The van der Waals surface area contributed by atoms with Gasteiger partial charge in [0.15, 0.2) is 5.96 Å². The molecule has 0 radical (unpaired) electrons. The predicted octanol–water partition coefficient (Wildman–Crippen LogP) is 1.78. The molecule has 1 saturated heterocycles. The Morgan fingerprint density at radius 3 is 2.79 bits per heavy atom. The van der Waals surface area contributed by atoms with E-state index < -0.39 is 0 Å². The molecule has 162 valence electrons. The third-order valence-corrected chi connectivity index (χ3v) is 4.50. The van der Waals surface area contributed by atoms with Crippen LogP contribution in [0.3, 0.4) is 0 Å². The molecule has 1 aliphatic heterocycles. The minimum atomic E-state index is -0.140. The molecule has 0 saturated carbocycles. The first-order chi connectivity index (χ1) is 13.7. The van der Waals surface area contributed by atoms with E-state index in [1.807, 2.05) is 11.8 Å². The summed E-state index contributed by atoms with van der Waals surface area (Å²) in [6.45, 7) is 6.13. The lowest BCUT2D eigenvalue weighted by atomic mass is 10.2.